The van der Waals surface area contributed by atoms with Crippen LogP contribution in [0.4, 0.5) is 0 Å². The van der Waals surface area contributed by atoms with E-state index in [4.69, 9.17) is 0 Å². The van der Waals surface area contributed by atoms with E-state index in [2.05, 4.69) is 57.5 Å². The van der Waals surface area contributed by atoms with Gasteiger partial charge in [0.25, 0.3) is 0 Å². The number of hydrogen-bond acceptors (Lipinski definition) is 1. The molecule has 20 heavy (non-hydrogen) atoms. The lowest BCUT2D eigenvalue weighted by Crippen LogP contribution is -2.26. The summed E-state index contributed by atoms with van der Waals surface area (Å²) in [4.78, 5) is 0. The molecule has 2 aliphatic rings. The molecule has 1 heterocycles. The van der Waals surface area contributed by atoms with Gasteiger partial charge in [0, 0.05) is 5.69 Å². The minimum atomic E-state index is 0.113. The van der Waals surface area contributed by atoms with Gasteiger partial charge in [-0.2, -0.15) is 5.10 Å². The zero-order valence-electron chi connectivity index (χ0n) is 14.0. The van der Waals surface area contributed by atoms with E-state index in [0.29, 0.717) is 5.41 Å². The van der Waals surface area contributed by atoms with Crippen LogP contribution in [0.3, 0.4) is 0 Å². The zero-order chi connectivity index (χ0) is 14.7. The van der Waals surface area contributed by atoms with E-state index >= 15 is 0 Å². The normalized spacial score (nSPS) is 29.6. The molecule has 1 aromatic heterocycles. The molecule has 2 aliphatic carbocycles. The van der Waals surface area contributed by atoms with Gasteiger partial charge in [0.15, 0.2) is 0 Å². The van der Waals surface area contributed by atoms with E-state index in [1.165, 1.54) is 36.9 Å². The fourth-order valence-corrected chi connectivity index (χ4v) is 4.22. The van der Waals surface area contributed by atoms with Gasteiger partial charge in [-0.05, 0) is 75.2 Å². The molecule has 1 aromatic rings. The van der Waals surface area contributed by atoms with Gasteiger partial charge in [-0.25, -0.2) is 0 Å². The molecule has 1 saturated carbocycles. The molecule has 1 fully saturated rings. The van der Waals surface area contributed by atoms with Crippen LogP contribution in [0.1, 0.15) is 65.6 Å². The predicted molar refractivity (Wildman–Crippen MR) is 83.8 cm³/mol. The van der Waals surface area contributed by atoms with Gasteiger partial charge in [0.05, 0.1) is 11.7 Å². The second-order valence-corrected chi connectivity index (χ2v) is 9.20. The molecule has 0 spiro atoms. The van der Waals surface area contributed by atoms with Crippen molar-refractivity contribution in [3.8, 4) is 0 Å². The van der Waals surface area contributed by atoms with Crippen molar-refractivity contribution in [1.82, 2.24) is 9.78 Å². The van der Waals surface area contributed by atoms with Crippen LogP contribution < -0.4 is 0 Å². The number of fused-ring (bicyclic) bond motifs is 2. The number of aromatic nitrogens is 2. The molecule has 0 radical (unpaired) electrons. The molecule has 0 N–H and O–H groups in total. The van der Waals surface area contributed by atoms with E-state index in [0.717, 1.165) is 17.8 Å². The Hall–Kier alpha value is -0.790. The monoisotopic (exact) mass is 274 g/mol. The van der Waals surface area contributed by atoms with Gasteiger partial charge in [0.1, 0.15) is 0 Å². The summed E-state index contributed by atoms with van der Waals surface area (Å²) in [6.07, 6.45) is 7.41. The first-order chi connectivity index (χ1) is 9.17. The zero-order valence-corrected chi connectivity index (χ0v) is 14.0. The van der Waals surface area contributed by atoms with Gasteiger partial charge >= 0.3 is 0 Å². The molecular formula is C18H30N2. The lowest BCUT2D eigenvalue weighted by Gasteiger charge is -2.23. The highest BCUT2D eigenvalue weighted by atomic mass is 15.3. The summed E-state index contributed by atoms with van der Waals surface area (Å²) >= 11 is 0. The van der Waals surface area contributed by atoms with Crippen LogP contribution in [0, 0.1) is 23.2 Å². The first kappa shape index (κ1) is 14.2. The number of nitrogens with zero attached hydrogens (tertiary/aromatic N) is 2. The molecule has 0 bridgehead atoms. The second kappa shape index (κ2) is 4.35. The molecule has 112 valence electrons. The third-order valence-corrected chi connectivity index (χ3v) is 5.12. The van der Waals surface area contributed by atoms with Gasteiger partial charge in [-0.1, -0.05) is 20.8 Å². The number of rotatable bonds is 1. The first-order valence-corrected chi connectivity index (χ1v) is 8.23. The summed E-state index contributed by atoms with van der Waals surface area (Å²) in [5, 5.41) is 4.68. The van der Waals surface area contributed by atoms with E-state index in [9.17, 15) is 0 Å². The van der Waals surface area contributed by atoms with Gasteiger partial charge in [-0.15, -0.1) is 0 Å². The lowest BCUT2D eigenvalue weighted by molar-refractivity contribution is 0.326. The largest absolute Gasteiger partial charge is 0.264 e. The fraction of sp³-hybridized carbons (Fsp3) is 0.833. The van der Waals surface area contributed by atoms with Crippen LogP contribution in [-0.2, 0) is 18.4 Å². The summed E-state index contributed by atoms with van der Waals surface area (Å²) in [7, 11) is 0. The van der Waals surface area contributed by atoms with Crippen molar-refractivity contribution in [2.75, 3.05) is 0 Å². The molecule has 2 nitrogen and oxygen atoms in total. The van der Waals surface area contributed by atoms with Gasteiger partial charge < -0.3 is 0 Å². The van der Waals surface area contributed by atoms with E-state index < -0.39 is 0 Å². The second-order valence-electron chi connectivity index (χ2n) is 9.20. The van der Waals surface area contributed by atoms with Crippen molar-refractivity contribution in [3.05, 3.63) is 17.5 Å². The van der Waals surface area contributed by atoms with Crippen molar-refractivity contribution in [2.45, 2.75) is 72.8 Å². The highest BCUT2D eigenvalue weighted by Gasteiger charge is 2.52. The Kier molecular flexibility index (Phi) is 3.08. The molecular weight excluding hydrogens is 244 g/mol. The summed E-state index contributed by atoms with van der Waals surface area (Å²) in [5.41, 5.74) is 3.63. The average molecular weight is 274 g/mol. The Balaban J connectivity index is 1.81. The number of aryl methyl sites for hydroxylation is 1. The van der Waals surface area contributed by atoms with E-state index in [1.54, 1.807) is 0 Å². The van der Waals surface area contributed by atoms with Crippen molar-refractivity contribution in [2.24, 2.45) is 23.2 Å². The molecule has 3 rings (SSSR count). The highest BCUT2D eigenvalue weighted by molar-refractivity contribution is 5.25. The molecule has 0 saturated heterocycles. The van der Waals surface area contributed by atoms with Crippen molar-refractivity contribution in [1.29, 1.82) is 0 Å². The topological polar surface area (TPSA) is 17.8 Å². The Bertz CT molecular complexity index is 498. The molecule has 2 heteroatoms. The van der Waals surface area contributed by atoms with Crippen LogP contribution in [-0.4, -0.2) is 9.78 Å². The Labute approximate surface area is 124 Å². The van der Waals surface area contributed by atoms with Crippen LogP contribution in [0.25, 0.3) is 0 Å². The van der Waals surface area contributed by atoms with Crippen LogP contribution in [0.2, 0.25) is 0 Å². The van der Waals surface area contributed by atoms with Crippen molar-refractivity contribution >= 4 is 0 Å². The molecule has 0 aromatic carbocycles. The summed E-state index contributed by atoms with van der Waals surface area (Å²) in [6, 6.07) is 0. The van der Waals surface area contributed by atoms with Gasteiger partial charge in [0.2, 0.25) is 0 Å². The Morgan fingerprint density at radius 3 is 2.45 bits per heavy atom. The molecule has 0 aliphatic heterocycles. The number of hydrogen-bond donors (Lipinski definition) is 0. The van der Waals surface area contributed by atoms with Crippen LogP contribution in [0.15, 0.2) is 6.20 Å². The average Bonchev–Trinajstić information content (AvgIpc) is 2.76. The Morgan fingerprint density at radius 1 is 1.15 bits per heavy atom. The molecule has 0 amide bonds. The van der Waals surface area contributed by atoms with Crippen molar-refractivity contribution in [3.63, 3.8) is 0 Å². The predicted octanol–water partition coefficient (Wildman–Crippen LogP) is 4.43. The third kappa shape index (κ3) is 2.54. The van der Waals surface area contributed by atoms with Crippen molar-refractivity contribution < 1.29 is 0 Å². The summed E-state index contributed by atoms with van der Waals surface area (Å²) in [6.45, 7) is 14.0. The minimum absolute atomic E-state index is 0.113. The molecule has 3 atom stereocenters. The fourth-order valence-electron chi connectivity index (χ4n) is 4.22. The maximum absolute atomic E-state index is 4.68. The lowest BCUT2D eigenvalue weighted by atomic mass is 9.87. The Morgan fingerprint density at radius 2 is 1.85 bits per heavy atom. The quantitative estimate of drug-likeness (QED) is 0.741. The standard InChI is InChI=1S/C18H30N2/c1-17(2,3)10-15-13-8-7-12-11-19-20(18(4,5)6)16(12)9-14(13)15/h11,13-15H,7-10H2,1-6H3/t13-,14+,15?/m1/s1. The van der Waals surface area contributed by atoms with Crippen LogP contribution in [0.5, 0.6) is 0 Å². The third-order valence-electron chi connectivity index (χ3n) is 5.12. The highest BCUT2D eigenvalue weighted by Crippen LogP contribution is 2.57. The van der Waals surface area contributed by atoms with Gasteiger partial charge in [-0.3, -0.25) is 4.68 Å². The SMILES string of the molecule is CC(C)(C)CC1[C@H]2Cc3c(cnn3C(C)(C)C)CC[C@@H]12. The van der Waals surface area contributed by atoms with Crippen LogP contribution >= 0.6 is 0 Å². The maximum Gasteiger partial charge on any atom is 0.0546 e. The minimum Gasteiger partial charge on any atom is -0.264 e. The van der Waals surface area contributed by atoms with E-state index in [-0.39, 0.29) is 5.54 Å². The first-order valence-electron chi connectivity index (χ1n) is 8.23. The summed E-state index contributed by atoms with van der Waals surface area (Å²) in [5.74, 6) is 2.87. The van der Waals surface area contributed by atoms with E-state index in [1.807, 2.05) is 0 Å². The smallest absolute Gasteiger partial charge is 0.0546 e. The maximum atomic E-state index is 4.68. The summed E-state index contributed by atoms with van der Waals surface area (Å²) < 4.78 is 2.29. The molecule has 1 unspecified atom stereocenters.